The number of carbonyl (C=O) groups is 2. The van der Waals surface area contributed by atoms with E-state index in [9.17, 15) is 9.59 Å². The molecule has 1 aromatic rings. The highest BCUT2D eigenvalue weighted by molar-refractivity contribution is 5.71. The zero-order valence-corrected chi connectivity index (χ0v) is 15.5. The molecule has 0 aliphatic carbocycles. The average molecular weight is 348 g/mol. The minimum Gasteiger partial charge on any atom is -0.468 e. The monoisotopic (exact) mass is 348 g/mol. The van der Waals surface area contributed by atoms with E-state index in [4.69, 9.17) is 9.47 Å². The van der Waals surface area contributed by atoms with Crippen molar-refractivity contribution < 1.29 is 19.1 Å². The van der Waals surface area contributed by atoms with Gasteiger partial charge in [0.25, 0.3) is 0 Å². The third kappa shape index (κ3) is 5.74. The first-order valence-electron chi connectivity index (χ1n) is 8.65. The molecule has 1 aliphatic heterocycles. The Balaban J connectivity index is 2.20. The molecule has 25 heavy (non-hydrogen) atoms. The first-order chi connectivity index (χ1) is 11.8. The number of benzene rings is 1. The molecule has 2 atom stereocenters. The fourth-order valence-electron chi connectivity index (χ4n) is 3.18. The van der Waals surface area contributed by atoms with Gasteiger partial charge in [-0.2, -0.15) is 0 Å². The lowest BCUT2D eigenvalue weighted by atomic mass is 9.90. The van der Waals surface area contributed by atoms with Crippen LogP contribution in [-0.2, 0) is 14.3 Å². The van der Waals surface area contributed by atoms with Crippen molar-refractivity contribution in [2.75, 3.05) is 20.2 Å². The summed E-state index contributed by atoms with van der Waals surface area (Å²) >= 11 is 0. The Morgan fingerprint density at radius 2 is 1.92 bits per heavy atom. The van der Waals surface area contributed by atoms with Gasteiger partial charge in [0.2, 0.25) is 0 Å². The van der Waals surface area contributed by atoms with Crippen molar-refractivity contribution in [3.8, 4) is 0 Å². The molecule has 6 heteroatoms. The molecule has 0 saturated carbocycles. The lowest BCUT2D eigenvalue weighted by Gasteiger charge is -2.41. The normalized spacial score (nSPS) is 21.4. The van der Waals surface area contributed by atoms with Crippen LogP contribution in [0, 0.1) is 0 Å². The van der Waals surface area contributed by atoms with Crippen molar-refractivity contribution in [1.29, 1.82) is 0 Å². The number of hydrogen-bond donors (Lipinski definition) is 1. The molecule has 1 aromatic carbocycles. The number of nitrogens with one attached hydrogen (secondary N) is 1. The molecule has 0 unspecified atom stereocenters. The van der Waals surface area contributed by atoms with Crippen molar-refractivity contribution >= 4 is 12.1 Å². The van der Waals surface area contributed by atoms with Crippen molar-refractivity contribution in [2.24, 2.45) is 0 Å². The van der Waals surface area contributed by atoms with Gasteiger partial charge in [0.15, 0.2) is 0 Å². The molecular weight excluding hydrogens is 320 g/mol. The van der Waals surface area contributed by atoms with Crippen LogP contribution in [0.4, 0.5) is 4.79 Å². The molecule has 1 saturated heterocycles. The van der Waals surface area contributed by atoms with Crippen molar-refractivity contribution in [3.63, 3.8) is 0 Å². The van der Waals surface area contributed by atoms with E-state index in [2.05, 4.69) is 10.2 Å². The third-order valence-electron chi connectivity index (χ3n) is 4.14. The van der Waals surface area contributed by atoms with Gasteiger partial charge in [-0.3, -0.25) is 9.69 Å². The Morgan fingerprint density at radius 3 is 2.52 bits per heavy atom. The molecule has 2 rings (SSSR count). The van der Waals surface area contributed by atoms with Gasteiger partial charge in [-0.1, -0.05) is 30.3 Å². The molecule has 0 aromatic heterocycles. The summed E-state index contributed by atoms with van der Waals surface area (Å²) in [5.74, 6) is -0.279. The highest BCUT2D eigenvalue weighted by Gasteiger charge is 2.35. The summed E-state index contributed by atoms with van der Waals surface area (Å²) in [6.45, 7) is 6.49. The van der Waals surface area contributed by atoms with E-state index in [0.717, 1.165) is 24.9 Å². The number of hydrogen-bond acceptors (Lipinski definition) is 5. The highest BCUT2D eigenvalue weighted by atomic mass is 16.6. The lowest BCUT2D eigenvalue weighted by molar-refractivity contribution is -0.143. The summed E-state index contributed by atoms with van der Waals surface area (Å²) in [7, 11) is 1.39. The number of methoxy groups -OCH3 is 1. The van der Waals surface area contributed by atoms with Gasteiger partial charge in [-0.25, -0.2) is 4.79 Å². The summed E-state index contributed by atoms with van der Waals surface area (Å²) in [6.07, 6.45) is 1.29. The SMILES string of the molecule is COC(=O)CN1CCC[C@H](NC(=O)OC(C)(C)C)[C@@H]1c1ccccc1. The van der Waals surface area contributed by atoms with Crippen LogP contribution in [0.1, 0.15) is 45.2 Å². The molecule has 0 radical (unpaired) electrons. The van der Waals surface area contributed by atoms with E-state index in [0.29, 0.717) is 0 Å². The molecule has 1 fully saturated rings. The number of rotatable bonds is 4. The first kappa shape index (κ1) is 19.2. The summed E-state index contributed by atoms with van der Waals surface area (Å²) in [4.78, 5) is 26.1. The van der Waals surface area contributed by atoms with Gasteiger partial charge >= 0.3 is 12.1 Å². The van der Waals surface area contributed by atoms with Crippen LogP contribution in [0.5, 0.6) is 0 Å². The minimum atomic E-state index is -0.549. The minimum absolute atomic E-state index is 0.0958. The van der Waals surface area contributed by atoms with Gasteiger partial charge < -0.3 is 14.8 Å². The number of alkyl carbamates (subject to hydrolysis) is 1. The molecule has 1 amide bonds. The van der Waals surface area contributed by atoms with Gasteiger partial charge in [-0.05, 0) is 45.7 Å². The van der Waals surface area contributed by atoms with Crippen LogP contribution in [0.3, 0.4) is 0 Å². The van der Waals surface area contributed by atoms with Crippen molar-refractivity contribution in [1.82, 2.24) is 10.2 Å². The Labute approximate surface area is 149 Å². The van der Waals surface area contributed by atoms with Crippen LogP contribution in [0.2, 0.25) is 0 Å². The second kappa shape index (κ2) is 8.34. The molecule has 1 aliphatic rings. The van der Waals surface area contributed by atoms with Crippen LogP contribution in [-0.4, -0.2) is 48.8 Å². The predicted octanol–water partition coefficient (Wildman–Crippen LogP) is 2.89. The van der Waals surface area contributed by atoms with Gasteiger partial charge in [0, 0.05) is 0 Å². The first-order valence-corrected chi connectivity index (χ1v) is 8.65. The number of nitrogens with zero attached hydrogens (tertiary/aromatic N) is 1. The van der Waals surface area contributed by atoms with E-state index < -0.39 is 11.7 Å². The number of amides is 1. The lowest BCUT2D eigenvalue weighted by Crippen LogP contribution is -2.52. The van der Waals surface area contributed by atoms with Gasteiger partial charge in [-0.15, -0.1) is 0 Å². The fraction of sp³-hybridized carbons (Fsp3) is 0.579. The number of likely N-dealkylation sites (tertiary alicyclic amines) is 1. The topological polar surface area (TPSA) is 67.9 Å². The second-order valence-electron chi connectivity index (χ2n) is 7.30. The van der Waals surface area contributed by atoms with Gasteiger partial charge in [0.1, 0.15) is 5.60 Å². The zero-order chi connectivity index (χ0) is 18.4. The third-order valence-corrected chi connectivity index (χ3v) is 4.14. The van der Waals surface area contributed by atoms with E-state index in [1.165, 1.54) is 7.11 Å². The maximum atomic E-state index is 12.2. The van der Waals surface area contributed by atoms with Crippen LogP contribution < -0.4 is 5.32 Å². The molecule has 0 bridgehead atoms. The van der Waals surface area contributed by atoms with Crippen LogP contribution >= 0.6 is 0 Å². The molecular formula is C19H28N2O4. The number of esters is 1. The molecule has 1 heterocycles. The molecule has 1 N–H and O–H groups in total. The van der Waals surface area contributed by atoms with Crippen LogP contribution in [0.15, 0.2) is 30.3 Å². The Hall–Kier alpha value is -2.08. The summed E-state index contributed by atoms with van der Waals surface area (Å²) in [6, 6.07) is 9.69. The molecule has 0 spiro atoms. The van der Waals surface area contributed by atoms with E-state index in [1.807, 2.05) is 51.1 Å². The second-order valence-corrected chi connectivity index (χ2v) is 7.30. The Kier molecular flexibility index (Phi) is 6.42. The number of carbonyl (C=O) groups excluding carboxylic acids is 2. The molecule has 138 valence electrons. The maximum Gasteiger partial charge on any atom is 0.407 e. The molecule has 6 nitrogen and oxygen atoms in total. The zero-order valence-electron chi connectivity index (χ0n) is 15.5. The standard InChI is InChI=1S/C19H28N2O4/c1-19(2,3)25-18(23)20-15-11-8-12-21(13-16(22)24-4)17(15)14-9-6-5-7-10-14/h5-7,9-10,15,17H,8,11-13H2,1-4H3,(H,20,23)/t15-,17-/m0/s1. The average Bonchev–Trinajstić information content (AvgIpc) is 2.54. The van der Waals surface area contributed by atoms with Crippen molar-refractivity contribution in [2.45, 2.75) is 51.3 Å². The number of piperidine rings is 1. The van der Waals surface area contributed by atoms with Crippen LogP contribution in [0.25, 0.3) is 0 Å². The van der Waals surface area contributed by atoms with Crippen molar-refractivity contribution in [3.05, 3.63) is 35.9 Å². The summed E-state index contributed by atoms with van der Waals surface area (Å²) in [5, 5.41) is 2.99. The predicted molar refractivity (Wildman–Crippen MR) is 95.2 cm³/mol. The smallest absolute Gasteiger partial charge is 0.407 e. The fourth-order valence-corrected chi connectivity index (χ4v) is 3.18. The van der Waals surface area contributed by atoms with E-state index in [1.54, 1.807) is 0 Å². The highest BCUT2D eigenvalue weighted by Crippen LogP contribution is 2.31. The van der Waals surface area contributed by atoms with E-state index in [-0.39, 0.29) is 24.6 Å². The summed E-state index contributed by atoms with van der Waals surface area (Å²) < 4.78 is 10.2. The Morgan fingerprint density at radius 1 is 1.24 bits per heavy atom. The number of ether oxygens (including phenoxy) is 2. The van der Waals surface area contributed by atoms with Gasteiger partial charge in [0.05, 0.1) is 25.7 Å². The largest absolute Gasteiger partial charge is 0.468 e. The quantitative estimate of drug-likeness (QED) is 0.848. The van der Waals surface area contributed by atoms with E-state index >= 15 is 0 Å². The maximum absolute atomic E-state index is 12.2. The summed E-state index contributed by atoms with van der Waals surface area (Å²) in [5.41, 5.74) is 0.513. The Bertz CT molecular complexity index is 583.